The van der Waals surface area contributed by atoms with Crippen molar-refractivity contribution in [3.63, 3.8) is 0 Å². The van der Waals surface area contributed by atoms with Crippen LogP contribution in [0.2, 0.25) is 0 Å². The predicted octanol–water partition coefficient (Wildman–Crippen LogP) is 3.34. The molecule has 1 saturated heterocycles. The second kappa shape index (κ2) is 6.97. The SMILES string of the molecule is O=S(=O)(c1ccc2c(c1)CCCC2)N1CCC(n2cnc3cccnc32)CC1. The van der Waals surface area contributed by atoms with Crippen molar-refractivity contribution < 1.29 is 8.42 Å². The molecule has 0 saturated carbocycles. The number of piperidine rings is 1. The Hall–Kier alpha value is -2.25. The number of nitrogens with zero attached hydrogens (tertiary/aromatic N) is 4. The molecular formula is C21H24N4O2S. The first kappa shape index (κ1) is 17.8. The van der Waals surface area contributed by atoms with E-state index in [1.54, 1.807) is 16.6 Å². The average Bonchev–Trinajstić information content (AvgIpc) is 3.17. The van der Waals surface area contributed by atoms with Crippen molar-refractivity contribution in [1.82, 2.24) is 18.8 Å². The third kappa shape index (κ3) is 3.02. The Kier molecular flexibility index (Phi) is 4.44. The van der Waals surface area contributed by atoms with Gasteiger partial charge in [-0.1, -0.05) is 6.07 Å². The molecule has 0 radical (unpaired) electrons. The number of rotatable bonds is 3. The van der Waals surface area contributed by atoms with Gasteiger partial charge in [0.1, 0.15) is 5.52 Å². The lowest BCUT2D eigenvalue weighted by Gasteiger charge is -2.32. The molecule has 146 valence electrons. The first-order valence-corrected chi connectivity index (χ1v) is 11.5. The van der Waals surface area contributed by atoms with E-state index in [1.165, 1.54) is 17.5 Å². The van der Waals surface area contributed by atoms with Crippen LogP contribution in [0.25, 0.3) is 11.2 Å². The number of imidazole rings is 1. The van der Waals surface area contributed by atoms with Crippen LogP contribution in [0.1, 0.15) is 42.9 Å². The molecule has 6 nitrogen and oxygen atoms in total. The monoisotopic (exact) mass is 396 g/mol. The Morgan fingerprint density at radius 2 is 1.75 bits per heavy atom. The minimum atomic E-state index is -3.44. The lowest BCUT2D eigenvalue weighted by molar-refractivity contribution is 0.276. The molecule has 1 aliphatic heterocycles. The van der Waals surface area contributed by atoms with Crippen LogP contribution in [0.4, 0.5) is 0 Å². The van der Waals surface area contributed by atoms with Gasteiger partial charge >= 0.3 is 0 Å². The Morgan fingerprint density at radius 3 is 2.57 bits per heavy atom. The second-order valence-corrected chi connectivity index (χ2v) is 9.71. The molecule has 28 heavy (non-hydrogen) atoms. The van der Waals surface area contributed by atoms with E-state index in [-0.39, 0.29) is 6.04 Å². The molecule has 0 unspecified atom stereocenters. The number of sulfonamides is 1. The van der Waals surface area contributed by atoms with Crippen LogP contribution in [0.15, 0.2) is 47.8 Å². The van der Waals surface area contributed by atoms with Gasteiger partial charge in [-0.2, -0.15) is 4.31 Å². The molecule has 1 aliphatic carbocycles. The number of hydrogen-bond acceptors (Lipinski definition) is 4. The Morgan fingerprint density at radius 1 is 0.964 bits per heavy atom. The van der Waals surface area contributed by atoms with Crippen molar-refractivity contribution in [3.05, 3.63) is 54.0 Å². The summed E-state index contributed by atoms with van der Waals surface area (Å²) in [4.78, 5) is 9.31. The maximum atomic E-state index is 13.2. The summed E-state index contributed by atoms with van der Waals surface area (Å²) in [6.45, 7) is 1.05. The molecule has 1 fully saturated rings. The van der Waals surface area contributed by atoms with E-state index in [0.717, 1.165) is 43.3 Å². The highest BCUT2D eigenvalue weighted by atomic mass is 32.2. The first-order valence-electron chi connectivity index (χ1n) is 10.0. The number of hydrogen-bond donors (Lipinski definition) is 0. The van der Waals surface area contributed by atoms with Crippen LogP contribution in [0.3, 0.4) is 0 Å². The van der Waals surface area contributed by atoms with Gasteiger partial charge in [-0.25, -0.2) is 18.4 Å². The number of pyridine rings is 1. The van der Waals surface area contributed by atoms with Crippen LogP contribution in [0.5, 0.6) is 0 Å². The normalized spacial score (nSPS) is 19.0. The number of fused-ring (bicyclic) bond motifs is 2. The van der Waals surface area contributed by atoms with Gasteiger partial charge in [0.25, 0.3) is 0 Å². The smallest absolute Gasteiger partial charge is 0.243 e. The van der Waals surface area contributed by atoms with Gasteiger partial charge in [0.2, 0.25) is 10.0 Å². The van der Waals surface area contributed by atoms with Crippen molar-refractivity contribution in [2.75, 3.05) is 13.1 Å². The maximum Gasteiger partial charge on any atom is 0.243 e. The molecule has 1 aromatic carbocycles. The van der Waals surface area contributed by atoms with Crippen molar-refractivity contribution in [2.45, 2.75) is 49.5 Å². The van der Waals surface area contributed by atoms with Crippen molar-refractivity contribution in [2.24, 2.45) is 0 Å². The maximum absolute atomic E-state index is 13.2. The third-order valence-electron chi connectivity index (χ3n) is 6.11. The number of benzene rings is 1. The highest BCUT2D eigenvalue weighted by Gasteiger charge is 2.31. The van der Waals surface area contributed by atoms with Crippen LogP contribution < -0.4 is 0 Å². The predicted molar refractivity (Wildman–Crippen MR) is 108 cm³/mol. The molecule has 2 aliphatic rings. The quantitative estimate of drug-likeness (QED) is 0.681. The average molecular weight is 397 g/mol. The van der Waals surface area contributed by atoms with Gasteiger partial charge in [-0.3, -0.25) is 0 Å². The van der Waals surface area contributed by atoms with Gasteiger partial charge in [0, 0.05) is 25.3 Å². The van der Waals surface area contributed by atoms with Gasteiger partial charge in [-0.15, -0.1) is 0 Å². The van der Waals surface area contributed by atoms with E-state index in [1.807, 2.05) is 30.6 Å². The van der Waals surface area contributed by atoms with Crippen LogP contribution in [0, 0.1) is 0 Å². The standard InChI is InChI=1S/C21H24N4O2S/c26-28(27,19-8-7-16-4-1-2-5-17(16)14-19)24-12-9-18(10-13-24)25-15-23-20-6-3-11-22-21(20)25/h3,6-8,11,14-15,18H,1-2,4-5,9-10,12-13H2. The minimum absolute atomic E-state index is 0.231. The Balaban J connectivity index is 1.34. The highest BCUT2D eigenvalue weighted by Crippen LogP contribution is 2.30. The van der Waals surface area contributed by atoms with Crippen LogP contribution in [-0.2, 0) is 22.9 Å². The molecule has 0 bridgehead atoms. The van der Waals surface area contributed by atoms with E-state index in [2.05, 4.69) is 14.5 Å². The zero-order chi connectivity index (χ0) is 19.1. The second-order valence-electron chi connectivity index (χ2n) is 7.77. The third-order valence-corrected chi connectivity index (χ3v) is 8.00. The molecule has 7 heteroatoms. The molecule has 0 atom stereocenters. The van der Waals surface area contributed by atoms with Crippen LogP contribution in [-0.4, -0.2) is 40.3 Å². The molecule has 3 heterocycles. The first-order chi connectivity index (χ1) is 13.6. The van der Waals surface area contributed by atoms with E-state index in [4.69, 9.17) is 0 Å². The molecule has 0 amide bonds. The molecule has 0 spiro atoms. The largest absolute Gasteiger partial charge is 0.312 e. The van der Waals surface area contributed by atoms with E-state index >= 15 is 0 Å². The van der Waals surface area contributed by atoms with Crippen molar-refractivity contribution in [1.29, 1.82) is 0 Å². The summed E-state index contributed by atoms with van der Waals surface area (Å²) < 4.78 is 30.1. The van der Waals surface area contributed by atoms with E-state index < -0.39 is 10.0 Å². The lowest BCUT2D eigenvalue weighted by Crippen LogP contribution is -2.39. The summed E-state index contributed by atoms with van der Waals surface area (Å²) in [5.74, 6) is 0. The molecule has 0 N–H and O–H groups in total. The van der Waals surface area contributed by atoms with Gasteiger partial charge in [0.15, 0.2) is 5.65 Å². The van der Waals surface area contributed by atoms with Gasteiger partial charge in [-0.05, 0) is 73.9 Å². The minimum Gasteiger partial charge on any atom is -0.312 e. The molecule has 3 aromatic rings. The van der Waals surface area contributed by atoms with Crippen molar-refractivity contribution >= 4 is 21.2 Å². The van der Waals surface area contributed by atoms with Crippen LogP contribution >= 0.6 is 0 Å². The molecule has 5 rings (SSSR count). The fourth-order valence-corrected chi connectivity index (χ4v) is 6.04. The summed E-state index contributed by atoms with van der Waals surface area (Å²) in [6, 6.07) is 9.77. The summed E-state index contributed by atoms with van der Waals surface area (Å²) >= 11 is 0. The zero-order valence-electron chi connectivity index (χ0n) is 15.8. The topological polar surface area (TPSA) is 68.1 Å². The van der Waals surface area contributed by atoms with Gasteiger partial charge in [0.05, 0.1) is 11.2 Å². The zero-order valence-corrected chi connectivity index (χ0v) is 16.6. The summed E-state index contributed by atoms with van der Waals surface area (Å²) in [7, 11) is -3.44. The Labute approximate surface area is 165 Å². The molecule has 2 aromatic heterocycles. The lowest BCUT2D eigenvalue weighted by atomic mass is 9.92. The van der Waals surface area contributed by atoms with Crippen molar-refractivity contribution in [3.8, 4) is 0 Å². The summed E-state index contributed by atoms with van der Waals surface area (Å²) in [5.41, 5.74) is 4.27. The van der Waals surface area contributed by atoms with E-state index in [0.29, 0.717) is 18.0 Å². The summed E-state index contributed by atoms with van der Waals surface area (Å²) in [6.07, 6.45) is 9.54. The Bertz CT molecular complexity index is 1110. The molecular weight excluding hydrogens is 372 g/mol. The summed E-state index contributed by atoms with van der Waals surface area (Å²) in [5, 5.41) is 0. The fourth-order valence-electron chi connectivity index (χ4n) is 4.51. The fraction of sp³-hybridized carbons (Fsp3) is 0.429. The number of aryl methyl sites for hydroxylation is 2. The van der Waals surface area contributed by atoms with E-state index in [9.17, 15) is 8.42 Å². The highest BCUT2D eigenvalue weighted by molar-refractivity contribution is 7.89. The van der Waals surface area contributed by atoms with Gasteiger partial charge < -0.3 is 4.57 Å². The number of aromatic nitrogens is 3.